The zero-order valence-electron chi connectivity index (χ0n) is 19.3. The molecule has 0 saturated carbocycles. The molecule has 0 aromatic rings. The second-order valence-corrected chi connectivity index (χ2v) is 7.34. The Balaban J connectivity index is 4.20. The van der Waals surface area contributed by atoms with Crippen molar-refractivity contribution >= 4 is 5.97 Å². The van der Waals surface area contributed by atoms with Crippen LogP contribution in [0.4, 0.5) is 0 Å². The first-order valence-corrected chi connectivity index (χ1v) is 10.8. The van der Waals surface area contributed by atoms with Gasteiger partial charge in [-0.3, -0.25) is 4.79 Å². The summed E-state index contributed by atoms with van der Waals surface area (Å²) in [5.41, 5.74) is 2.43. The van der Waals surface area contributed by atoms with Crippen LogP contribution in [0.3, 0.4) is 0 Å². The first kappa shape index (κ1) is 27.9. The van der Waals surface area contributed by atoms with Gasteiger partial charge in [0, 0.05) is 6.42 Å². The third-order valence-corrected chi connectivity index (χ3v) is 4.36. The van der Waals surface area contributed by atoms with Crippen LogP contribution in [0.5, 0.6) is 0 Å². The lowest BCUT2D eigenvalue weighted by atomic mass is 10.1. The molecule has 0 aliphatic carbocycles. The molecule has 2 unspecified atom stereocenters. The van der Waals surface area contributed by atoms with Gasteiger partial charge in [-0.05, 0) is 70.9 Å². The van der Waals surface area contributed by atoms with Gasteiger partial charge in [-0.2, -0.15) is 4.89 Å². The molecule has 0 aromatic heterocycles. The van der Waals surface area contributed by atoms with E-state index in [4.69, 9.17) is 9.78 Å². The lowest BCUT2D eigenvalue weighted by molar-refractivity contribution is -0.280. The summed E-state index contributed by atoms with van der Waals surface area (Å²) < 4.78 is 4.60. The number of aliphatic hydroxyl groups excluding tert-OH is 1. The van der Waals surface area contributed by atoms with E-state index in [9.17, 15) is 9.90 Å². The molecular weight excluding hydrogens is 380 g/mol. The third kappa shape index (κ3) is 18.0. The molecule has 0 rings (SSSR count). The van der Waals surface area contributed by atoms with Crippen molar-refractivity contribution in [1.29, 1.82) is 0 Å². The van der Waals surface area contributed by atoms with E-state index in [0.717, 1.165) is 32.1 Å². The van der Waals surface area contributed by atoms with Crippen LogP contribution in [0, 0.1) is 0 Å². The molecule has 5 heteroatoms. The molecule has 170 valence electrons. The Morgan fingerprint density at radius 3 is 2.50 bits per heavy atom. The van der Waals surface area contributed by atoms with E-state index < -0.39 is 0 Å². The first-order chi connectivity index (χ1) is 14.4. The Morgan fingerprint density at radius 2 is 1.83 bits per heavy atom. The van der Waals surface area contributed by atoms with Gasteiger partial charge < -0.3 is 14.7 Å². The quantitative estimate of drug-likeness (QED) is 0.0813. The van der Waals surface area contributed by atoms with Crippen molar-refractivity contribution in [2.45, 2.75) is 84.8 Å². The summed E-state index contributed by atoms with van der Waals surface area (Å²) in [5, 5.41) is 9.26. The standard InChI is InChI=1S/C25H40O5/c1-6-24(18-11-14-21(2)13-7-8-15-22(3)26)17-9-10-20-29-30-23(4)16-12-19-25(27)28-5/h9-11,13-14,17-18,20,22-23,26H,6-8,12,15-16,19H2,1-5H3/b14-11+,17-9+,20-10+,21-13+,24-18+. The van der Waals surface area contributed by atoms with Gasteiger partial charge in [-0.1, -0.05) is 49.0 Å². The molecule has 0 bridgehead atoms. The number of carbonyl (C=O) groups is 1. The lowest BCUT2D eigenvalue weighted by Crippen LogP contribution is -2.08. The summed E-state index contributed by atoms with van der Waals surface area (Å²) in [4.78, 5) is 21.3. The van der Waals surface area contributed by atoms with Crippen molar-refractivity contribution < 1.29 is 24.4 Å². The Morgan fingerprint density at radius 1 is 1.07 bits per heavy atom. The fraction of sp³-hybridized carbons (Fsp3) is 0.560. The third-order valence-electron chi connectivity index (χ3n) is 4.36. The molecule has 0 fully saturated rings. The number of unbranched alkanes of at least 4 members (excludes halogenated alkanes) is 1. The van der Waals surface area contributed by atoms with E-state index in [1.807, 2.05) is 26.0 Å². The van der Waals surface area contributed by atoms with E-state index >= 15 is 0 Å². The Labute approximate surface area is 182 Å². The fourth-order valence-electron chi connectivity index (χ4n) is 2.49. The minimum atomic E-state index is -0.219. The number of esters is 1. The van der Waals surface area contributed by atoms with Gasteiger partial charge in [0.1, 0.15) is 12.4 Å². The van der Waals surface area contributed by atoms with Crippen LogP contribution in [-0.4, -0.2) is 30.4 Å². The number of aliphatic hydroxyl groups is 1. The summed E-state index contributed by atoms with van der Waals surface area (Å²) in [5.74, 6) is -0.207. The van der Waals surface area contributed by atoms with Gasteiger partial charge in [-0.25, -0.2) is 0 Å². The number of allylic oxidation sites excluding steroid dienone is 9. The van der Waals surface area contributed by atoms with E-state index in [2.05, 4.69) is 42.9 Å². The Hall–Kier alpha value is -2.11. The van der Waals surface area contributed by atoms with Crippen LogP contribution in [0.2, 0.25) is 0 Å². The largest absolute Gasteiger partial charge is 0.469 e. The van der Waals surface area contributed by atoms with E-state index in [-0.39, 0.29) is 18.2 Å². The van der Waals surface area contributed by atoms with Crippen molar-refractivity contribution in [3.05, 3.63) is 59.9 Å². The minimum Gasteiger partial charge on any atom is -0.469 e. The van der Waals surface area contributed by atoms with Crippen molar-refractivity contribution in [2.75, 3.05) is 7.11 Å². The predicted octanol–water partition coefficient (Wildman–Crippen LogP) is 6.13. The van der Waals surface area contributed by atoms with Crippen molar-refractivity contribution in [3.63, 3.8) is 0 Å². The molecule has 0 spiro atoms. The van der Waals surface area contributed by atoms with Crippen LogP contribution in [0.1, 0.15) is 72.6 Å². The number of rotatable bonds is 16. The highest BCUT2D eigenvalue weighted by molar-refractivity contribution is 5.68. The zero-order chi connectivity index (χ0) is 22.6. The van der Waals surface area contributed by atoms with Gasteiger partial charge in [-0.15, -0.1) is 0 Å². The van der Waals surface area contributed by atoms with Crippen molar-refractivity contribution in [3.8, 4) is 0 Å². The van der Waals surface area contributed by atoms with Crippen LogP contribution >= 0.6 is 0 Å². The summed E-state index contributed by atoms with van der Waals surface area (Å²) in [6, 6.07) is 0. The first-order valence-electron chi connectivity index (χ1n) is 10.8. The Kier molecular flexibility index (Phi) is 17.6. The highest BCUT2D eigenvalue weighted by Crippen LogP contribution is 2.08. The molecular formula is C25H40O5. The molecule has 2 atom stereocenters. The van der Waals surface area contributed by atoms with Crippen LogP contribution in [-0.2, 0) is 19.3 Å². The Bertz CT molecular complexity index is 597. The molecule has 0 aromatic carbocycles. The molecule has 0 saturated heterocycles. The second-order valence-electron chi connectivity index (χ2n) is 7.34. The predicted molar refractivity (Wildman–Crippen MR) is 123 cm³/mol. The average molecular weight is 421 g/mol. The molecule has 0 radical (unpaired) electrons. The average Bonchev–Trinajstić information content (AvgIpc) is 2.71. The van der Waals surface area contributed by atoms with Gasteiger partial charge in [0.25, 0.3) is 0 Å². The second kappa shape index (κ2) is 18.9. The lowest BCUT2D eigenvalue weighted by Gasteiger charge is -2.09. The van der Waals surface area contributed by atoms with Crippen molar-refractivity contribution in [1.82, 2.24) is 0 Å². The zero-order valence-corrected chi connectivity index (χ0v) is 19.3. The van der Waals surface area contributed by atoms with E-state index in [0.29, 0.717) is 12.8 Å². The SMILES string of the molecule is CCC(/C=C/C=C/OOC(C)CCCC(=O)OC)=C\C=C\C(C)=C\CCCC(C)O. The van der Waals surface area contributed by atoms with Gasteiger partial charge in [0.2, 0.25) is 0 Å². The highest BCUT2D eigenvalue weighted by atomic mass is 17.2. The topological polar surface area (TPSA) is 65.0 Å². The molecule has 1 N–H and O–H groups in total. The van der Waals surface area contributed by atoms with Crippen molar-refractivity contribution in [2.24, 2.45) is 0 Å². The fourth-order valence-corrected chi connectivity index (χ4v) is 2.49. The smallest absolute Gasteiger partial charge is 0.305 e. The number of ether oxygens (including phenoxy) is 1. The number of carbonyl (C=O) groups excluding carboxylic acids is 1. The molecule has 0 aliphatic heterocycles. The summed E-state index contributed by atoms with van der Waals surface area (Å²) in [6.45, 7) is 7.92. The van der Waals surface area contributed by atoms with Crippen LogP contribution in [0.15, 0.2) is 59.9 Å². The molecule has 0 amide bonds. The normalized spacial score (nSPS) is 15.3. The number of methoxy groups -OCH3 is 1. The maximum Gasteiger partial charge on any atom is 0.305 e. The molecule has 5 nitrogen and oxygen atoms in total. The molecule has 0 aliphatic rings. The maximum atomic E-state index is 11.0. The summed E-state index contributed by atoms with van der Waals surface area (Å²) in [7, 11) is 1.39. The summed E-state index contributed by atoms with van der Waals surface area (Å²) >= 11 is 0. The van der Waals surface area contributed by atoms with Crippen LogP contribution < -0.4 is 0 Å². The van der Waals surface area contributed by atoms with Gasteiger partial charge >= 0.3 is 5.97 Å². The van der Waals surface area contributed by atoms with Gasteiger partial charge in [0.05, 0.1) is 13.2 Å². The number of hydrogen-bond donors (Lipinski definition) is 1. The van der Waals surface area contributed by atoms with Gasteiger partial charge in [0.15, 0.2) is 0 Å². The monoisotopic (exact) mass is 420 g/mol. The number of hydrogen-bond acceptors (Lipinski definition) is 5. The molecule has 0 heterocycles. The molecule has 30 heavy (non-hydrogen) atoms. The van der Waals surface area contributed by atoms with E-state index in [1.54, 1.807) is 6.08 Å². The maximum absolute atomic E-state index is 11.0. The van der Waals surface area contributed by atoms with Crippen LogP contribution in [0.25, 0.3) is 0 Å². The van der Waals surface area contributed by atoms with E-state index in [1.165, 1.54) is 24.5 Å². The minimum absolute atomic E-state index is 0.0946. The summed E-state index contributed by atoms with van der Waals surface area (Å²) in [6.07, 6.45) is 20.9. The highest BCUT2D eigenvalue weighted by Gasteiger charge is 2.05.